The molecule has 8 heteroatoms. The summed E-state index contributed by atoms with van der Waals surface area (Å²) in [6.45, 7) is 2.05. The molecule has 0 fully saturated rings. The molecule has 8 nitrogen and oxygen atoms in total. The fourth-order valence-corrected chi connectivity index (χ4v) is 2.59. The lowest BCUT2D eigenvalue weighted by atomic mass is 10.1. The van der Waals surface area contributed by atoms with Crippen LogP contribution < -0.4 is 27.6 Å². The number of hydrogen-bond donors (Lipinski definition) is 5. The summed E-state index contributed by atoms with van der Waals surface area (Å²) in [6.07, 6.45) is 0. The summed E-state index contributed by atoms with van der Waals surface area (Å²) >= 11 is 0. The number of rotatable bonds is 5. The van der Waals surface area contributed by atoms with Gasteiger partial charge in [-0.2, -0.15) is 0 Å². The Balaban J connectivity index is 1.70. The Labute approximate surface area is 154 Å². The van der Waals surface area contributed by atoms with E-state index in [0.717, 1.165) is 11.3 Å². The molecule has 3 aromatic rings. The van der Waals surface area contributed by atoms with E-state index in [4.69, 9.17) is 5.73 Å². The smallest absolute Gasteiger partial charge is 0.326 e. The largest absolute Gasteiger partial charge is 0.392 e. The van der Waals surface area contributed by atoms with E-state index in [-0.39, 0.29) is 17.4 Å². The molecule has 1 aromatic heterocycles. The molecule has 1 amide bonds. The monoisotopic (exact) mass is 365 g/mol. The predicted octanol–water partition coefficient (Wildman–Crippen LogP) is 2.07. The Morgan fingerprint density at radius 3 is 2.26 bits per heavy atom. The lowest BCUT2D eigenvalue weighted by Gasteiger charge is -2.16. The Bertz CT molecular complexity index is 1060. The second kappa shape index (κ2) is 7.61. The molecule has 0 spiro atoms. The highest BCUT2D eigenvalue weighted by Gasteiger charge is 2.14. The van der Waals surface area contributed by atoms with E-state index in [0.29, 0.717) is 5.69 Å². The minimum atomic E-state index is -0.807. The highest BCUT2D eigenvalue weighted by atomic mass is 16.2. The van der Waals surface area contributed by atoms with Gasteiger partial charge in [0, 0.05) is 17.4 Å². The lowest BCUT2D eigenvalue weighted by molar-refractivity contribution is 0.102. The molecular weight excluding hydrogens is 346 g/mol. The Morgan fingerprint density at radius 1 is 0.963 bits per heavy atom. The van der Waals surface area contributed by atoms with Crippen LogP contribution in [0.5, 0.6) is 0 Å². The first-order valence-corrected chi connectivity index (χ1v) is 8.29. The molecule has 0 aliphatic heterocycles. The van der Waals surface area contributed by atoms with Crippen molar-refractivity contribution >= 4 is 23.0 Å². The third-order valence-electron chi connectivity index (χ3n) is 4.03. The van der Waals surface area contributed by atoms with Gasteiger partial charge in [0.05, 0.1) is 0 Å². The van der Waals surface area contributed by atoms with Gasteiger partial charge < -0.3 is 21.4 Å². The summed E-state index contributed by atoms with van der Waals surface area (Å²) < 4.78 is 0. The highest BCUT2D eigenvalue weighted by Crippen LogP contribution is 2.21. The highest BCUT2D eigenvalue weighted by molar-refractivity contribution is 6.06. The van der Waals surface area contributed by atoms with Gasteiger partial charge in [0.1, 0.15) is 11.4 Å². The molecule has 138 valence electrons. The van der Waals surface area contributed by atoms with E-state index in [1.807, 2.05) is 47.4 Å². The minimum absolute atomic E-state index is 0.118. The second-order valence-electron chi connectivity index (χ2n) is 6.01. The molecule has 0 aliphatic rings. The van der Waals surface area contributed by atoms with Gasteiger partial charge in [-0.3, -0.25) is 14.6 Å². The lowest BCUT2D eigenvalue weighted by Crippen LogP contribution is -2.30. The van der Waals surface area contributed by atoms with Crippen molar-refractivity contribution in [1.29, 1.82) is 0 Å². The van der Waals surface area contributed by atoms with Gasteiger partial charge in [-0.05, 0) is 36.8 Å². The summed E-state index contributed by atoms with van der Waals surface area (Å²) in [6, 6.07) is 17.2. The van der Waals surface area contributed by atoms with Crippen LogP contribution in [0.4, 0.5) is 17.1 Å². The molecule has 1 atom stereocenters. The fraction of sp³-hybridized carbons (Fsp3) is 0.105. The second-order valence-corrected chi connectivity index (χ2v) is 6.01. The zero-order chi connectivity index (χ0) is 19.4. The van der Waals surface area contributed by atoms with E-state index in [1.54, 1.807) is 12.1 Å². The van der Waals surface area contributed by atoms with Crippen LogP contribution in [0.3, 0.4) is 0 Å². The van der Waals surface area contributed by atoms with Crippen molar-refractivity contribution in [2.45, 2.75) is 13.0 Å². The average Bonchev–Trinajstić information content (AvgIpc) is 2.66. The third-order valence-corrected chi connectivity index (χ3v) is 4.03. The summed E-state index contributed by atoms with van der Waals surface area (Å²) in [5.74, 6) is -0.672. The molecule has 1 unspecified atom stereocenters. The Hall–Kier alpha value is -3.81. The van der Waals surface area contributed by atoms with Gasteiger partial charge in [-0.15, -0.1) is 0 Å². The molecule has 0 radical (unpaired) electrons. The van der Waals surface area contributed by atoms with Crippen molar-refractivity contribution in [3.05, 3.63) is 86.7 Å². The van der Waals surface area contributed by atoms with Gasteiger partial charge in [-0.1, -0.05) is 30.3 Å². The Kier molecular flexibility index (Phi) is 5.07. The summed E-state index contributed by atoms with van der Waals surface area (Å²) in [4.78, 5) is 39.3. The van der Waals surface area contributed by atoms with Gasteiger partial charge in [-0.25, -0.2) is 4.79 Å². The number of amides is 1. The summed E-state index contributed by atoms with van der Waals surface area (Å²) in [7, 11) is 0. The first kappa shape index (κ1) is 18.0. The van der Waals surface area contributed by atoms with Crippen molar-refractivity contribution < 1.29 is 4.79 Å². The maximum atomic E-state index is 12.3. The molecule has 0 bridgehead atoms. The van der Waals surface area contributed by atoms with Gasteiger partial charge in [0.15, 0.2) is 0 Å². The van der Waals surface area contributed by atoms with E-state index in [2.05, 4.69) is 22.5 Å². The number of hydrogen-bond acceptors (Lipinski definition) is 5. The van der Waals surface area contributed by atoms with Crippen molar-refractivity contribution in [1.82, 2.24) is 9.97 Å². The molecule has 0 saturated heterocycles. The van der Waals surface area contributed by atoms with E-state index in [9.17, 15) is 14.4 Å². The third kappa shape index (κ3) is 4.24. The van der Waals surface area contributed by atoms with Crippen LogP contribution in [0, 0.1) is 0 Å². The molecule has 2 aromatic carbocycles. The molecule has 6 N–H and O–H groups in total. The SMILES string of the molecule is CC(Nc1ccc(NC(=O)c2[nH]c(=O)[nH]c(=O)c2N)cc1)c1ccccc1. The Morgan fingerprint density at radius 2 is 1.59 bits per heavy atom. The number of benzene rings is 2. The topological polar surface area (TPSA) is 133 Å². The van der Waals surface area contributed by atoms with Gasteiger partial charge in [0.25, 0.3) is 11.5 Å². The quantitative estimate of drug-likeness (QED) is 0.472. The maximum absolute atomic E-state index is 12.3. The van der Waals surface area contributed by atoms with Crippen molar-refractivity contribution in [2.75, 3.05) is 16.4 Å². The number of anilines is 3. The number of nitrogens with two attached hydrogens (primary N) is 1. The first-order chi connectivity index (χ1) is 12.9. The number of H-pyrrole nitrogens is 2. The molecule has 3 rings (SSSR count). The van der Waals surface area contributed by atoms with Gasteiger partial charge >= 0.3 is 5.69 Å². The number of carbonyl (C=O) groups excluding carboxylic acids is 1. The molecule has 1 heterocycles. The maximum Gasteiger partial charge on any atom is 0.326 e. The van der Waals surface area contributed by atoms with Crippen LogP contribution in [-0.4, -0.2) is 15.9 Å². The normalized spacial score (nSPS) is 11.6. The number of aromatic nitrogens is 2. The van der Waals surface area contributed by atoms with Crippen LogP contribution in [0.25, 0.3) is 0 Å². The predicted molar refractivity (Wildman–Crippen MR) is 105 cm³/mol. The molecular formula is C19H19N5O3. The average molecular weight is 365 g/mol. The molecule has 27 heavy (non-hydrogen) atoms. The molecule has 0 aliphatic carbocycles. The summed E-state index contributed by atoms with van der Waals surface area (Å²) in [5, 5.41) is 5.96. The number of nitrogens with one attached hydrogen (secondary N) is 4. The number of carbonyl (C=O) groups is 1. The molecule has 0 saturated carbocycles. The van der Waals surface area contributed by atoms with Crippen LogP contribution in [0.15, 0.2) is 64.2 Å². The standard InChI is InChI=1S/C19H19N5O3/c1-11(12-5-3-2-4-6-12)21-13-7-9-14(10-8-13)22-18(26)16-15(20)17(25)24-19(27)23-16/h2-11,21H,20H2,1H3,(H,22,26)(H2,23,24,25,27). The number of aromatic amines is 2. The van der Waals surface area contributed by atoms with E-state index >= 15 is 0 Å². The van der Waals surface area contributed by atoms with Crippen LogP contribution in [0.2, 0.25) is 0 Å². The van der Waals surface area contributed by atoms with Crippen LogP contribution >= 0.6 is 0 Å². The first-order valence-electron chi connectivity index (χ1n) is 8.29. The van der Waals surface area contributed by atoms with Crippen LogP contribution in [0.1, 0.15) is 29.0 Å². The van der Waals surface area contributed by atoms with Gasteiger partial charge in [0.2, 0.25) is 0 Å². The zero-order valence-corrected chi connectivity index (χ0v) is 14.6. The number of nitrogen functional groups attached to an aromatic ring is 1. The fourth-order valence-electron chi connectivity index (χ4n) is 2.59. The van der Waals surface area contributed by atoms with E-state index < -0.39 is 17.2 Å². The minimum Gasteiger partial charge on any atom is -0.392 e. The van der Waals surface area contributed by atoms with Crippen LogP contribution in [-0.2, 0) is 0 Å². The zero-order valence-electron chi connectivity index (χ0n) is 14.6. The van der Waals surface area contributed by atoms with Crippen molar-refractivity contribution in [3.63, 3.8) is 0 Å². The van der Waals surface area contributed by atoms with E-state index in [1.165, 1.54) is 0 Å². The van der Waals surface area contributed by atoms with Crippen molar-refractivity contribution in [2.24, 2.45) is 0 Å². The van der Waals surface area contributed by atoms with Crippen molar-refractivity contribution in [3.8, 4) is 0 Å². The summed E-state index contributed by atoms with van der Waals surface area (Å²) in [5.41, 5.74) is 5.87.